The molecular weight excluding hydrogens is 450 g/mol. The van der Waals surface area contributed by atoms with E-state index in [2.05, 4.69) is 17.1 Å². The van der Waals surface area contributed by atoms with Gasteiger partial charge in [0.25, 0.3) is 5.91 Å². The summed E-state index contributed by atoms with van der Waals surface area (Å²) in [6.45, 7) is 1.38. The number of amides is 2. The molecule has 6 heteroatoms. The number of carbonyl (C=O) groups is 2. The van der Waals surface area contributed by atoms with E-state index < -0.39 is 0 Å². The number of carbonyl (C=O) groups excluding carboxylic acids is 2. The van der Waals surface area contributed by atoms with Crippen LogP contribution >= 0.6 is 0 Å². The highest BCUT2D eigenvalue weighted by Gasteiger charge is 2.30. The molecular formula is C30H33N3O3. The van der Waals surface area contributed by atoms with Crippen LogP contribution in [0.5, 0.6) is 5.75 Å². The average molecular weight is 484 g/mol. The summed E-state index contributed by atoms with van der Waals surface area (Å²) in [5.74, 6) is 0.708. The standard InChI is InChI=1S/C30H33N3O3/c1-36-28-15-6-5-12-23(28)20-29(34)33-17-9-14-26-27(33)19-24(21-31-26)30(35)32-16-8-7-13-25(32)18-22-10-3-2-4-11-22/h2-6,10-12,15,19,21,25H,7-9,13-14,16-18,20H2,1H3/t25-/m1/s1. The summed E-state index contributed by atoms with van der Waals surface area (Å²) in [6, 6.07) is 20.0. The lowest BCUT2D eigenvalue weighted by Crippen LogP contribution is -2.45. The van der Waals surface area contributed by atoms with Crippen molar-refractivity contribution in [2.45, 2.75) is 51.0 Å². The van der Waals surface area contributed by atoms with Gasteiger partial charge in [-0.15, -0.1) is 0 Å². The molecule has 3 heterocycles. The van der Waals surface area contributed by atoms with E-state index >= 15 is 0 Å². The third kappa shape index (κ3) is 5.13. The van der Waals surface area contributed by atoms with E-state index in [1.807, 2.05) is 53.4 Å². The highest BCUT2D eigenvalue weighted by molar-refractivity contribution is 5.99. The third-order valence-electron chi connectivity index (χ3n) is 7.32. The number of para-hydroxylation sites is 1. The van der Waals surface area contributed by atoms with Crippen LogP contribution in [0.3, 0.4) is 0 Å². The fourth-order valence-corrected chi connectivity index (χ4v) is 5.45. The van der Waals surface area contributed by atoms with Crippen molar-refractivity contribution >= 4 is 17.5 Å². The number of rotatable bonds is 6. The third-order valence-corrected chi connectivity index (χ3v) is 7.32. The highest BCUT2D eigenvalue weighted by Crippen LogP contribution is 2.30. The van der Waals surface area contributed by atoms with Crippen LogP contribution < -0.4 is 9.64 Å². The maximum Gasteiger partial charge on any atom is 0.255 e. The van der Waals surface area contributed by atoms with Gasteiger partial charge in [-0.25, -0.2) is 0 Å². The highest BCUT2D eigenvalue weighted by atomic mass is 16.5. The Morgan fingerprint density at radius 3 is 2.64 bits per heavy atom. The molecule has 1 aromatic heterocycles. The monoisotopic (exact) mass is 483 g/mol. The van der Waals surface area contributed by atoms with Crippen LogP contribution in [0.2, 0.25) is 0 Å². The fourth-order valence-electron chi connectivity index (χ4n) is 5.45. The van der Waals surface area contributed by atoms with Crippen molar-refractivity contribution in [3.05, 3.63) is 89.2 Å². The predicted octanol–water partition coefficient (Wildman–Crippen LogP) is 4.85. The number of hydrogen-bond donors (Lipinski definition) is 0. The molecule has 0 N–H and O–H groups in total. The quantitative estimate of drug-likeness (QED) is 0.503. The number of benzene rings is 2. The Bertz CT molecular complexity index is 1230. The van der Waals surface area contributed by atoms with E-state index in [0.29, 0.717) is 17.9 Å². The molecule has 2 aliphatic heterocycles. The number of methoxy groups -OCH3 is 1. The molecule has 2 amide bonds. The van der Waals surface area contributed by atoms with Gasteiger partial charge in [0, 0.05) is 30.9 Å². The number of likely N-dealkylation sites (tertiary alicyclic amines) is 1. The first kappa shape index (κ1) is 24.0. The minimum atomic E-state index is -0.00762. The lowest BCUT2D eigenvalue weighted by molar-refractivity contribution is -0.118. The van der Waals surface area contributed by atoms with Crippen molar-refractivity contribution in [3.63, 3.8) is 0 Å². The number of hydrogen-bond acceptors (Lipinski definition) is 4. The number of aromatic nitrogens is 1. The summed E-state index contributed by atoms with van der Waals surface area (Å²) in [7, 11) is 1.62. The van der Waals surface area contributed by atoms with Crippen LogP contribution in [0.1, 0.15) is 52.9 Å². The van der Waals surface area contributed by atoms with Gasteiger partial charge in [0.2, 0.25) is 5.91 Å². The van der Waals surface area contributed by atoms with Gasteiger partial charge in [0.05, 0.1) is 30.5 Å². The van der Waals surface area contributed by atoms with Crippen molar-refractivity contribution in [3.8, 4) is 5.75 Å². The normalized spacial score (nSPS) is 17.4. The van der Waals surface area contributed by atoms with E-state index in [0.717, 1.165) is 62.0 Å². The maximum absolute atomic E-state index is 13.7. The average Bonchev–Trinajstić information content (AvgIpc) is 2.93. The Balaban J connectivity index is 1.37. The maximum atomic E-state index is 13.7. The SMILES string of the molecule is COc1ccccc1CC(=O)N1CCCc2ncc(C(=O)N3CCCC[C@@H]3Cc3ccccc3)cc21. The van der Waals surface area contributed by atoms with E-state index in [9.17, 15) is 9.59 Å². The number of nitrogens with zero attached hydrogens (tertiary/aromatic N) is 3. The minimum absolute atomic E-state index is 0.00762. The summed E-state index contributed by atoms with van der Waals surface area (Å²) in [5, 5.41) is 0. The Hall–Kier alpha value is -3.67. The second kappa shape index (κ2) is 10.9. The predicted molar refractivity (Wildman–Crippen MR) is 140 cm³/mol. The molecule has 0 bridgehead atoms. The second-order valence-corrected chi connectivity index (χ2v) is 9.67. The topological polar surface area (TPSA) is 62.7 Å². The number of anilines is 1. The minimum Gasteiger partial charge on any atom is -0.496 e. The van der Waals surface area contributed by atoms with Gasteiger partial charge in [-0.3, -0.25) is 14.6 Å². The van der Waals surface area contributed by atoms with Crippen molar-refractivity contribution in [1.29, 1.82) is 0 Å². The van der Waals surface area contributed by atoms with Crippen molar-refractivity contribution in [2.24, 2.45) is 0 Å². The number of aryl methyl sites for hydroxylation is 1. The molecule has 36 heavy (non-hydrogen) atoms. The molecule has 0 saturated carbocycles. The first-order chi connectivity index (χ1) is 17.6. The fraction of sp³-hybridized carbons (Fsp3) is 0.367. The molecule has 1 saturated heterocycles. The number of fused-ring (bicyclic) bond motifs is 1. The summed E-state index contributed by atoms with van der Waals surface area (Å²) in [5.41, 5.74) is 4.31. The lowest BCUT2D eigenvalue weighted by atomic mass is 9.94. The van der Waals surface area contributed by atoms with Gasteiger partial charge in [-0.1, -0.05) is 48.5 Å². The first-order valence-electron chi connectivity index (χ1n) is 12.9. The molecule has 186 valence electrons. The van der Waals surface area contributed by atoms with Gasteiger partial charge >= 0.3 is 0 Å². The van der Waals surface area contributed by atoms with E-state index in [1.54, 1.807) is 18.2 Å². The van der Waals surface area contributed by atoms with Crippen LogP contribution in [0.15, 0.2) is 66.9 Å². The molecule has 0 aliphatic carbocycles. The Morgan fingerprint density at radius 1 is 1.00 bits per heavy atom. The van der Waals surface area contributed by atoms with E-state index in [4.69, 9.17) is 4.74 Å². The van der Waals surface area contributed by atoms with Crippen LogP contribution in [-0.2, 0) is 24.1 Å². The summed E-state index contributed by atoms with van der Waals surface area (Å²) in [4.78, 5) is 35.6. The molecule has 1 fully saturated rings. The zero-order chi connectivity index (χ0) is 24.9. The van der Waals surface area contributed by atoms with E-state index in [1.165, 1.54) is 5.56 Å². The first-order valence-corrected chi connectivity index (χ1v) is 12.9. The van der Waals surface area contributed by atoms with Crippen LogP contribution in [-0.4, -0.2) is 47.9 Å². The van der Waals surface area contributed by atoms with Gasteiger partial charge in [0.1, 0.15) is 5.75 Å². The molecule has 0 spiro atoms. The molecule has 0 radical (unpaired) electrons. The van der Waals surface area contributed by atoms with E-state index in [-0.39, 0.29) is 24.3 Å². The van der Waals surface area contributed by atoms with Crippen LogP contribution in [0.25, 0.3) is 0 Å². The van der Waals surface area contributed by atoms with Gasteiger partial charge in [-0.2, -0.15) is 0 Å². The summed E-state index contributed by atoms with van der Waals surface area (Å²) in [6.07, 6.45) is 7.61. The van der Waals surface area contributed by atoms with Crippen molar-refractivity contribution in [1.82, 2.24) is 9.88 Å². The molecule has 2 aliphatic rings. The van der Waals surface area contributed by atoms with Crippen LogP contribution in [0.4, 0.5) is 5.69 Å². The molecule has 0 unspecified atom stereocenters. The van der Waals surface area contributed by atoms with Gasteiger partial charge in [-0.05, 0) is 56.2 Å². The van der Waals surface area contributed by atoms with Gasteiger partial charge < -0.3 is 14.5 Å². The summed E-state index contributed by atoms with van der Waals surface area (Å²) >= 11 is 0. The summed E-state index contributed by atoms with van der Waals surface area (Å²) < 4.78 is 5.44. The van der Waals surface area contributed by atoms with Gasteiger partial charge in [0.15, 0.2) is 0 Å². The molecule has 3 aromatic rings. The number of piperidine rings is 1. The Morgan fingerprint density at radius 2 is 1.81 bits per heavy atom. The second-order valence-electron chi connectivity index (χ2n) is 9.67. The lowest BCUT2D eigenvalue weighted by Gasteiger charge is -2.36. The molecule has 2 aromatic carbocycles. The van der Waals surface area contributed by atoms with Crippen LogP contribution in [0, 0.1) is 0 Å². The van der Waals surface area contributed by atoms with Crippen molar-refractivity contribution in [2.75, 3.05) is 25.1 Å². The zero-order valence-electron chi connectivity index (χ0n) is 20.9. The Labute approximate surface area is 212 Å². The van der Waals surface area contributed by atoms with Crippen molar-refractivity contribution < 1.29 is 14.3 Å². The molecule has 1 atom stereocenters. The smallest absolute Gasteiger partial charge is 0.255 e. The molecule has 5 rings (SSSR count). The Kier molecular flexibility index (Phi) is 7.31. The number of pyridine rings is 1. The zero-order valence-corrected chi connectivity index (χ0v) is 20.9. The molecule has 6 nitrogen and oxygen atoms in total. The largest absolute Gasteiger partial charge is 0.496 e. The number of ether oxygens (including phenoxy) is 1.